The first kappa shape index (κ1) is 24.5. The molecule has 0 saturated heterocycles. The minimum atomic E-state index is 0.232. The molecule has 0 spiro atoms. The first-order valence-corrected chi connectivity index (χ1v) is 14.1. The van der Waals surface area contributed by atoms with Crippen LogP contribution in [0, 0.1) is 25.7 Å². The SMILES string of the molecule is Cc1ccc(/C2=C3\C=CC(=N3)/C=C3C=C/C(=C(\c4ccc(C)cc4)C4=N/C(=C\C5=CC=C2C5C)C=C4)C/3C)cc1. The summed E-state index contributed by atoms with van der Waals surface area (Å²) >= 11 is 0. The predicted octanol–water partition coefficient (Wildman–Crippen LogP) is 9.02. The Morgan fingerprint density at radius 2 is 1.27 bits per heavy atom. The smallest absolute Gasteiger partial charge is 0.0719 e. The zero-order chi connectivity index (χ0) is 27.4. The minimum absolute atomic E-state index is 0.232. The Kier molecular flexibility index (Phi) is 5.86. The lowest BCUT2D eigenvalue weighted by molar-refractivity contribution is 0.870. The van der Waals surface area contributed by atoms with Gasteiger partial charge in [-0.3, -0.25) is 0 Å². The molecule has 0 aromatic heterocycles. The van der Waals surface area contributed by atoms with E-state index >= 15 is 0 Å². The van der Waals surface area contributed by atoms with Crippen molar-refractivity contribution in [1.29, 1.82) is 0 Å². The zero-order valence-electron chi connectivity index (χ0n) is 23.4. The summed E-state index contributed by atoms with van der Waals surface area (Å²) in [6, 6.07) is 17.6. The Balaban J connectivity index is 1.43. The molecule has 5 aliphatic rings. The summed E-state index contributed by atoms with van der Waals surface area (Å²) in [5.74, 6) is 0.464. The summed E-state index contributed by atoms with van der Waals surface area (Å²) in [6.45, 7) is 8.85. The van der Waals surface area contributed by atoms with Gasteiger partial charge in [-0.25, -0.2) is 9.98 Å². The summed E-state index contributed by atoms with van der Waals surface area (Å²) in [5, 5.41) is 0. The van der Waals surface area contributed by atoms with Gasteiger partial charge in [0.2, 0.25) is 0 Å². The maximum atomic E-state index is 5.17. The third kappa shape index (κ3) is 4.21. The second-order valence-corrected chi connectivity index (χ2v) is 11.3. The van der Waals surface area contributed by atoms with Gasteiger partial charge in [0.1, 0.15) is 0 Å². The summed E-state index contributed by atoms with van der Waals surface area (Å²) in [4.78, 5) is 10.3. The van der Waals surface area contributed by atoms with Gasteiger partial charge in [0, 0.05) is 23.0 Å². The third-order valence-electron chi connectivity index (χ3n) is 8.57. The number of fused-ring (bicyclic) bond motifs is 6. The number of aliphatic imine (C=N–C) groups is 2. The van der Waals surface area contributed by atoms with Gasteiger partial charge in [-0.15, -0.1) is 0 Å². The van der Waals surface area contributed by atoms with E-state index in [2.05, 4.69) is 137 Å². The van der Waals surface area contributed by atoms with Crippen LogP contribution in [-0.2, 0) is 0 Å². The van der Waals surface area contributed by atoms with Crippen molar-refractivity contribution < 1.29 is 0 Å². The molecule has 8 bridgehead atoms. The largest absolute Gasteiger partial charge is 0.248 e. The summed E-state index contributed by atoms with van der Waals surface area (Å²) in [6.07, 6.45) is 22.2. The van der Waals surface area contributed by atoms with Crippen molar-refractivity contribution in [2.45, 2.75) is 27.7 Å². The Morgan fingerprint density at radius 1 is 0.575 bits per heavy atom. The fraction of sp³-hybridized carbons (Fsp3) is 0.158. The van der Waals surface area contributed by atoms with Crippen LogP contribution in [0.3, 0.4) is 0 Å². The average molecular weight is 517 g/mol. The maximum absolute atomic E-state index is 5.17. The molecule has 3 aliphatic heterocycles. The van der Waals surface area contributed by atoms with Gasteiger partial charge in [0.05, 0.1) is 22.8 Å². The van der Waals surface area contributed by atoms with E-state index in [0.29, 0.717) is 0 Å². The standard InChI is InChI=1S/C38H32N2/c1-23-5-9-27(10-6-23)37-33-17-13-29(25(33)3)21-32-16-20-36(40-32)38(28-11-7-24(2)8-12-28)34-18-14-30(26(34)4)22-31-15-19-35(37)39-31/h5-22,25-26H,1-4H3/b29-21-,30-22?,31-22-,32-21?,37-33-,37-35?,38-34?,38-36-. The van der Waals surface area contributed by atoms with Gasteiger partial charge in [0.15, 0.2) is 0 Å². The molecular formula is C38H32N2. The zero-order valence-corrected chi connectivity index (χ0v) is 23.4. The molecule has 2 atom stereocenters. The molecule has 2 nitrogen and oxygen atoms in total. The molecule has 3 heterocycles. The summed E-state index contributed by atoms with van der Waals surface area (Å²) in [7, 11) is 0. The van der Waals surface area contributed by atoms with Gasteiger partial charge >= 0.3 is 0 Å². The van der Waals surface area contributed by atoms with Gasteiger partial charge in [0.25, 0.3) is 0 Å². The molecular weight excluding hydrogens is 484 g/mol. The second-order valence-electron chi connectivity index (χ2n) is 11.3. The van der Waals surface area contributed by atoms with E-state index in [1.165, 1.54) is 55.7 Å². The predicted molar refractivity (Wildman–Crippen MR) is 169 cm³/mol. The Labute approximate surface area is 237 Å². The van der Waals surface area contributed by atoms with Crippen LogP contribution in [0.4, 0.5) is 0 Å². The van der Waals surface area contributed by atoms with E-state index < -0.39 is 0 Å². The molecule has 2 aromatic rings. The fourth-order valence-corrected chi connectivity index (χ4v) is 6.16. The van der Waals surface area contributed by atoms with Crippen LogP contribution in [0.15, 0.2) is 153 Å². The van der Waals surface area contributed by atoms with Crippen molar-refractivity contribution in [1.82, 2.24) is 0 Å². The van der Waals surface area contributed by atoms with E-state index in [1.54, 1.807) is 0 Å². The maximum Gasteiger partial charge on any atom is 0.0719 e. The molecule has 2 aromatic carbocycles. The van der Waals surface area contributed by atoms with Crippen LogP contribution < -0.4 is 0 Å². The second kappa shape index (κ2) is 9.57. The number of hydrogen-bond donors (Lipinski definition) is 0. The fourth-order valence-electron chi connectivity index (χ4n) is 6.16. The molecule has 40 heavy (non-hydrogen) atoms. The third-order valence-corrected chi connectivity index (χ3v) is 8.57. The Morgan fingerprint density at radius 3 is 2.00 bits per heavy atom. The van der Waals surface area contributed by atoms with Crippen LogP contribution >= 0.6 is 0 Å². The Bertz CT molecular complexity index is 1780. The molecule has 0 fully saturated rings. The van der Waals surface area contributed by atoms with Crippen LogP contribution in [0.5, 0.6) is 0 Å². The van der Waals surface area contributed by atoms with Crippen molar-refractivity contribution in [2.24, 2.45) is 21.8 Å². The minimum Gasteiger partial charge on any atom is -0.248 e. The molecule has 2 unspecified atom stereocenters. The monoisotopic (exact) mass is 516 g/mol. The topological polar surface area (TPSA) is 24.7 Å². The highest BCUT2D eigenvalue weighted by Gasteiger charge is 2.28. The van der Waals surface area contributed by atoms with Crippen molar-refractivity contribution in [3.05, 3.63) is 165 Å². The number of nitrogens with zero attached hydrogens (tertiary/aromatic N) is 2. The van der Waals surface area contributed by atoms with Crippen LogP contribution in [-0.4, -0.2) is 11.4 Å². The highest BCUT2D eigenvalue weighted by atomic mass is 14.8. The molecule has 2 heteroatoms. The van der Waals surface area contributed by atoms with Crippen LogP contribution in [0.25, 0.3) is 11.1 Å². The molecule has 0 amide bonds. The van der Waals surface area contributed by atoms with E-state index in [4.69, 9.17) is 9.98 Å². The Hall–Kier alpha value is -4.56. The lowest BCUT2D eigenvalue weighted by Crippen LogP contribution is -2.06. The first-order valence-electron chi connectivity index (χ1n) is 14.1. The van der Waals surface area contributed by atoms with E-state index in [9.17, 15) is 0 Å². The van der Waals surface area contributed by atoms with Gasteiger partial charge in [-0.1, -0.05) is 97.8 Å². The molecule has 194 valence electrons. The van der Waals surface area contributed by atoms with Gasteiger partial charge in [-0.2, -0.15) is 0 Å². The lowest BCUT2D eigenvalue weighted by Gasteiger charge is -2.18. The summed E-state index contributed by atoms with van der Waals surface area (Å²) < 4.78 is 0. The lowest BCUT2D eigenvalue weighted by atomic mass is 9.86. The van der Waals surface area contributed by atoms with E-state index in [-0.39, 0.29) is 11.8 Å². The van der Waals surface area contributed by atoms with Gasteiger partial charge in [-0.05, 0) is 83.7 Å². The number of benzene rings is 2. The number of hydrogen-bond acceptors (Lipinski definition) is 2. The molecule has 7 rings (SSSR count). The first-order chi connectivity index (χ1) is 19.4. The van der Waals surface area contributed by atoms with Crippen LogP contribution in [0.2, 0.25) is 0 Å². The van der Waals surface area contributed by atoms with E-state index in [1.807, 2.05) is 0 Å². The number of aryl methyl sites for hydroxylation is 2. The van der Waals surface area contributed by atoms with Crippen LogP contribution in [0.1, 0.15) is 36.1 Å². The molecule has 0 radical (unpaired) electrons. The number of allylic oxidation sites excluding steroid dienone is 16. The molecule has 0 saturated carbocycles. The van der Waals surface area contributed by atoms with E-state index in [0.717, 1.165) is 22.8 Å². The highest BCUT2D eigenvalue weighted by molar-refractivity contribution is 6.32. The van der Waals surface area contributed by atoms with Gasteiger partial charge < -0.3 is 0 Å². The average Bonchev–Trinajstić information content (AvgIpc) is 3.75. The molecule has 2 aliphatic carbocycles. The normalized spacial score (nSPS) is 29.1. The quantitative estimate of drug-likeness (QED) is 0.380. The molecule has 0 N–H and O–H groups in total. The van der Waals surface area contributed by atoms with Crippen molar-refractivity contribution in [2.75, 3.05) is 0 Å². The van der Waals surface area contributed by atoms with Crippen molar-refractivity contribution >= 4 is 22.6 Å². The highest BCUT2D eigenvalue weighted by Crippen LogP contribution is 2.42. The number of rotatable bonds is 2. The van der Waals surface area contributed by atoms with Crippen molar-refractivity contribution in [3.63, 3.8) is 0 Å². The van der Waals surface area contributed by atoms with Crippen molar-refractivity contribution in [3.8, 4) is 0 Å². The summed E-state index contributed by atoms with van der Waals surface area (Å²) in [5.41, 5.74) is 16.5.